The molecule has 0 atom stereocenters. The van der Waals surface area contributed by atoms with Crippen molar-refractivity contribution in [1.29, 1.82) is 0 Å². The maximum Gasteiger partial charge on any atom is 0.337 e. The van der Waals surface area contributed by atoms with Gasteiger partial charge in [-0.25, -0.2) is 4.79 Å². The SMILES string of the molecule is COC(=O)c1cccc(NC(=O)C2(CO)CCC2)c1. The Bertz CT molecular complexity index is 488. The molecule has 2 rings (SSSR count). The molecule has 0 aliphatic heterocycles. The minimum Gasteiger partial charge on any atom is -0.465 e. The average molecular weight is 263 g/mol. The van der Waals surface area contributed by atoms with Gasteiger partial charge in [0.1, 0.15) is 0 Å². The van der Waals surface area contributed by atoms with Crippen LogP contribution in [0.1, 0.15) is 29.6 Å². The predicted molar refractivity (Wildman–Crippen MR) is 69.8 cm³/mol. The van der Waals surface area contributed by atoms with E-state index >= 15 is 0 Å². The maximum absolute atomic E-state index is 12.1. The van der Waals surface area contributed by atoms with E-state index in [1.54, 1.807) is 24.3 Å². The Hall–Kier alpha value is -1.88. The summed E-state index contributed by atoms with van der Waals surface area (Å²) in [7, 11) is 1.31. The molecule has 0 unspecified atom stereocenters. The van der Waals surface area contributed by atoms with Crippen LogP contribution in [0.4, 0.5) is 5.69 Å². The molecule has 0 aromatic heterocycles. The van der Waals surface area contributed by atoms with Crippen molar-refractivity contribution in [3.05, 3.63) is 29.8 Å². The van der Waals surface area contributed by atoms with Crippen molar-refractivity contribution < 1.29 is 19.4 Å². The smallest absolute Gasteiger partial charge is 0.337 e. The first-order valence-corrected chi connectivity index (χ1v) is 6.22. The lowest BCUT2D eigenvalue weighted by Gasteiger charge is -2.38. The van der Waals surface area contributed by atoms with Crippen LogP contribution in [0.15, 0.2) is 24.3 Å². The van der Waals surface area contributed by atoms with Gasteiger partial charge in [-0.1, -0.05) is 12.5 Å². The molecular weight excluding hydrogens is 246 g/mol. The number of hydrogen-bond donors (Lipinski definition) is 2. The summed E-state index contributed by atoms with van der Waals surface area (Å²) < 4.78 is 4.63. The molecular formula is C14H17NO4. The maximum atomic E-state index is 12.1. The van der Waals surface area contributed by atoms with Crippen molar-refractivity contribution in [2.24, 2.45) is 5.41 Å². The zero-order valence-corrected chi connectivity index (χ0v) is 10.8. The van der Waals surface area contributed by atoms with Crippen LogP contribution in [-0.2, 0) is 9.53 Å². The van der Waals surface area contributed by atoms with Crippen molar-refractivity contribution in [3.63, 3.8) is 0 Å². The first-order chi connectivity index (χ1) is 9.11. The summed E-state index contributed by atoms with van der Waals surface area (Å²) >= 11 is 0. The Balaban J connectivity index is 2.11. The number of aliphatic hydroxyl groups excluding tert-OH is 1. The third kappa shape index (κ3) is 2.61. The molecule has 2 N–H and O–H groups in total. The van der Waals surface area contributed by atoms with Gasteiger partial charge in [0, 0.05) is 5.69 Å². The fraction of sp³-hybridized carbons (Fsp3) is 0.429. The van der Waals surface area contributed by atoms with E-state index in [4.69, 9.17) is 0 Å². The Morgan fingerprint density at radius 3 is 2.68 bits per heavy atom. The molecule has 1 amide bonds. The molecule has 5 nitrogen and oxygen atoms in total. The van der Waals surface area contributed by atoms with Crippen LogP contribution in [0.5, 0.6) is 0 Å². The molecule has 0 spiro atoms. The molecule has 1 fully saturated rings. The quantitative estimate of drug-likeness (QED) is 0.809. The minimum atomic E-state index is -0.652. The summed E-state index contributed by atoms with van der Waals surface area (Å²) in [5.41, 5.74) is 0.265. The van der Waals surface area contributed by atoms with E-state index in [2.05, 4.69) is 10.1 Å². The van der Waals surface area contributed by atoms with Crippen molar-refractivity contribution in [3.8, 4) is 0 Å². The summed E-state index contributed by atoms with van der Waals surface area (Å²) in [6.07, 6.45) is 2.36. The highest BCUT2D eigenvalue weighted by molar-refractivity contribution is 5.97. The average Bonchev–Trinajstić information content (AvgIpc) is 2.37. The summed E-state index contributed by atoms with van der Waals surface area (Å²) in [5.74, 6) is -0.639. The van der Waals surface area contributed by atoms with Gasteiger partial charge in [-0.3, -0.25) is 4.79 Å². The van der Waals surface area contributed by atoms with E-state index < -0.39 is 11.4 Å². The number of esters is 1. The molecule has 0 bridgehead atoms. The monoisotopic (exact) mass is 263 g/mol. The second-order valence-corrected chi connectivity index (χ2v) is 4.82. The normalized spacial score (nSPS) is 16.3. The van der Waals surface area contributed by atoms with Gasteiger partial charge in [0.05, 0.1) is 24.7 Å². The van der Waals surface area contributed by atoms with Gasteiger partial charge in [-0.2, -0.15) is 0 Å². The number of ether oxygens (including phenoxy) is 1. The van der Waals surface area contributed by atoms with Crippen LogP contribution in [0, 0.1) is 5.41 Å². The second-order valence-electron chi connectivity index (χ2n) is 4.82. The molecule has 0 radical (unpaired) electrons. The highest BCUT2D eigenvalue weighted by atomic mass is 16.5. The largest absolute Gasteiger partial charge is 0.465 e. The fourth-order valence-electron chi connectivity index (χ4n) is 2.17. The Kier molecular flexibility index (Phi) is 3.85. The highest BCUT2D eigenvalue weighted by Gasteiger charge is 2.43. The molecule has 1 aromatic carbocycles. The lowest BCUT2D eigenvalue weighted by atomic mass is 9.68. The number of aliphatic hydroxyl groups is 1. The van der Waals surface area contributed by atoms with E-state index in [9.17, 15) is 14.7 Å². The number of nitrogens with one attached hydrogen (secondary N) is 1. The van der Waals surface area contributed by atoms with Crippen LogP contribution in [0.3, 0.4) is 0 Å². The van der Waals surface area contributed by atoms with Gasteiger partial charge in [-0.05, 0) is 31.0 Å². The van der Waals surface area contributed by atoms with Crippen LogP contribution in [0.25, 0.3) is 0 Å². The fourth-order valence-corrected chi connectivity index (χ4v) is 2.17. The Labute approximate surface area is 111 Å². The first-order valence-electron chi connectivity index (χ1n) is 6.22. The Morgan fingerprint density at radius 2 is 2.16 bits per heavy atom. The summed E-state index contributed by atoms with van der Waals surface area (Å²) in [6, 6.07) is 6.56. The van der Waals surface area contributed by atoms with E-state index in [1.165, 1.54) is 7.11 Å². The standard InChI is InChI=1S/C14H17NO4/c1-19-12(17)10-4-2-5-11(8-10)15-13(18)14(9-16)6-3-7-14/h2,4-5,8,16H,3,6-7,9H2,1H3,(H,15,18). The van der Waals surface area contributed by atoms with Crippen molar-refractivity contribution in [2.45, 2.75) is 19.3 Å². The molecule has 1 aliphatic carbocycles. The third-order valence-corrected chi connectivity index (χ3v) is 3.64. The number of benzene rings is 1. The van der Waals surface area contributed by atoms with Crippen molar-refractivity contribution >= 4 is 17.6 Å². The molecule has 0 saturated heterocycles. The van der Waals surface area contributed by atoms with Gasteiger partial charge in [0.2, 0.25) is 5.91 Å². The van der Waals surface area contributed by atoms with E-state index in [0.717, 1.165) is 6.42 Å². The zero-order valence-electron chi connectivity index (χ0n) is 10.8. The first kappa shape index (κ1) is 13.5. The molecule has 102 valence electrons. The lowest BCUT2D eigenvalue weighted by molar-refractivity contribution is -0.133. The molecule has 1 saturated carbocycles. The van der Waals surface area contributed by atoms with Crippen LogP contribution >= 0.6 is 0 Å². The number of hydrogen-bond acceptors (Lipinski definition) is 4. The number of rotatable bonds is 4. The number of methoxy groups -OCH3 is 1. The molecule has 1 aromatic rings. The molecule has 0 heterocycles. The summed E-state index contributed by atoms with van der Waals surface area (Å²) in [5, 5.41) is 12.1. The highest BCUT2D eigenvalue weighted by Crippen LogP contribution is 2.41. The number of amides is 1. The third-order valence-electron chi connectivity index (χ3n) is 3.64. The number of anilines is 1. The van der Waals surface area contributed by atoms with Gasteiger partial charge in [-0.15, -0.1) is 0 Å². The van der Waals surface area contributed by atoms with Crippen molar-refractivity contribution in [1.82, 2.24) is 0 Å². The molecule has 5 heteroatoms. The van der Waals surface area contributed by atoms with Gasteiger partial charge in [0.25, 0.3) is 0 Å². The van der Waals surface area contributed by atoms with Crippen molar-refractivity contribution in [2.75, 3.05) is 19.0 Å². The summed E-state index contributed by atoms with van der Waals surface area (Å²) in [4.78, 5) is 23.5. The molecule has 1 aliphatic rings. The second kappa shape index (κ2) is 5.40. The lowest BCUT2D eigenvalue weighted by Crippen LogP contribution is -2.44. The van der Waals surface area contributed by atoms with E-state index in [0.29, 0.717) is 24.1 Å². The molecule has 19 heavy (non-hydrogen) atoms. The van der Waals surface area contributed by atoms with Gasteiger partial charge < -0.3 is 15.2 Å². The van der Waals surface area contributed by atoms with E-state index in [1.807, 2.05) is 0 Å². The zero-order chi connectivity index (χ0) is 13.9. The Morgan fingerprint density at radius 1 is 1.42 bits per heavy atom. The van der Waals surface area contributed by atoms with Gasteiger partial charge in [0.15, 0.2) is 0 Å². The minimum absolute atomic E-state index is 0.143. The van der Waals surface area contributed by atoms with E-state index in [-0.39, 0.29) is 12.5 Å². The van der Waals surface area contributed by atoms with Crippen LogP contribution < -0.4 is 5.32 Å². The van der Waals surface area contributed by atoms with Gasteiger partial charge >= 0.3 is 5.97 Å². The van der Waals surface area contributed by atoms with Crippen LogP contribution in [0.2, 0.25) is 0 Å². The number of carbonyl (C=O) groups is 2. The summed E-state index contributed by atoms with van der Waals surface area (Å²) in [6.45, 7) is -0.143. The van der Waals surface area contributed by atoms with Crippen LogP contribution in [-0.4, -0.2) is 30.7 Å². The predicted octanol–water partition coefficient (Wildman–Crippen LogP) is 1.57. The number of carbonyl (C=O) groups excluding carboxylic acids is 2. The topological polar surface area (TPSA) is 75.6 Å².